The van der Waals surface area contributed by atoms with E-state index in [1.54, 1.807) is 12.1 Å². The molecule has 0 aliphatic heterocycles. The second-order valence-electron chi connectivity index (χ2n) is 5.09. The third kappa shape index (κ3) is 4.44. The predicted octanol–water partition coefficient (Wildman–Crippen LogP) is 4.06. The number of hydrogen-bond donors (Lipinski definition) is 1. The van der Waals surface area contributed by atoms with E-state index in [0.29, 0.717) is 5.69 Å². The van der Waals surface area contributed by atoms with Crippen LogP contribution in [0.2, 0.25) is 0 Å². The molecule has 2 aromatic carbocycles. The Morgan fingerprint density at radius 3 is 2.39 bits per heavy atom. The van der Waals surface area contributed by atoms with Gasteiger partial charge in [-0.25, -0.2) is 0 Å². The van der Waals surface area contributed by atoms with Gasteiger partial charge in [0.15, 0.2) is 0 Å². The van der Waals surface area contributed by atoms with Gasteiger partial charge in [-0.1, -0.05) is 24.3 Å². The van der Waals surface area contributed by atoms with E-state index in [9.17, 15) is 10.1 Å². The number of para-hydroxylation sites is 1. The van der Waals surface area contributed by atoms with E-state index < -0.39 is 5.91 Å². The lowest BCUT2D eigenvalue weighted by molar-refractivity contribution is -0.112. The fourth-order valence-electron chi connectivity index (χ4n) is 1.94. The molecule has 116 valence electrons. The zero-order valence-electron chi connectivity index (χ0n) is 12.9. The molecule has 0 heterocycles. The van der Waals surface area contributed by atoms with Crippen molar-refractivity contribution in [3.05, 3.63) is 64.1 Å². The van der Waals surface area contributed by atoms with Crippen LogP contribution in [0.1, 0.15) is 5.56 Å². The van der Waals surface area contributed by atoms with Crippen LogP contribution >= 0.6 is 15.9 Å². The minimum absolute atomic E-state index is 0.0540. The van der Waals surface area contributed by atoms with Crippen molar-refractivity contribution < 1.29 is 4.79 Å². The summed E-state index contributed by atoms with van der Waals surface area (Å²) in [6.07, 6.45) is 1.58. The van der Waals surface area contributed by atoms with E-state index in [4.69, 9.17) is 0 Å². The van der Waals surface area contributed by atoms with Gasteiger partial charge in [-0.2, -0.15) is 5.26 Å². The van der Waals surface area contributed by atoms with Crippen LogP contribution in [0.15, 0.2) is 58.6 Å². The highest BCUT2D eigenvalue weighted by atomic mass is 79.9. The number of hydrogen-bond acceptors (Lipinski definition) is 3. The van der Waals surface area contributed by atoms with Crippen LogP contribution in [0.25, 0.3) is 6.08 Å². The van der Waals surface area contributed by atoms with E-state index in [0.717, 1.165) is 15.7 Å². The van der Waals surface area contributed by atoms with Gasteiger partial charge < -0.3 is 10.2 Å². The predicted molar refractivity (Wildman–Crippen MR) is 97.1 cm³/mol. The second-order valence-corrected chi connectivity index (χ2v) is 5.94. The Balaban J connectivity index is 2.20. The molecule has 0 aliphatic carbocycles. The maximum absolute atomic E-state index is 12.2. The van der Waals surface area contributed by atoms with Crippen molar-refractivity contribution in [3.63, 3.8) is 0 Å². The van der Waals surface area contributed by atoms with Gasteiger partial charge in [-0.3, -0.25) is 4.79 Å². The monoisotopic (exact) mass is 369 g/mol. The largest absolute Gasteiger partial charge is 0.378 e. The highest BCUT2D eigenvalue weighted by molar-refractivity contribution is 9.10. The average molecular weight is 370 g/mol. The quantitative estimate of drug-likeness (QED) is 0.652. The van der Waals surface area contributed by atoms with E-state index >= 15 is 0 Å². The van der Waals surface area contributed by atoms with Gasteiger partial charge in [0.25, 0.3) is 5.91 Å². The highest BCUT2D eigenvalue weighted by Crippen LogP contribution is 2.22. The number of carbonyl (C=O) groups is 1. The molecule has 0 aromatic heterocycles. The molecule has 0 radical (unpaired) electrons. The van der Waals surface area contributed by atoms with Crippen LogP contribution in [-0.4, -0.2) is 20.0 Å². The van der Waals surface area contributed by atoms with Gasteiger partial charge in [-0.05, 0) is 51.8 Å². The number of carbonyl (C=O) groups excluding carboxylic acids is 1. The van der Waals surface area contributed by atoms with Gasteiger partial charge in [-0.15, -0.1) is 0 Å². The van der Waals surface area contributed by atoms with Gasteiger partial charge in [0.2, 0.25) is 0 Å². The van der Waals surface area contributed by atoms with Crippen molar-refractivity contribution in [2.24, 2.45) is 0 Å². The fraction of sp³-hybridized carbons (Fsp3) is 0.111. The molecule has 0 atom stereocenters. The Morgan fingerprint density at radius 2 is 1.83 bits per heavy atom. The molecule has 0 unspecified atom stereocenters. The summed E-state index contributed by atoms with van der Waals surface area (Å²) < 4.78 is 0.765. The Kier molecular flexibility index (Phi) is 5.56. The third-order valence-corrected chi connectivity index (χ3v) is 3.90. The number of amides is 1. The lowest BCUT2D eigenvalue weighted by Gasteiger charge is -2.12. The summed E-state index contributed by atoms with van der Waals surface area (Å²) in [5.41, 5.74) is 2.53. The van der Waals surface area contributed by atoms with Crippen LogP contribution in [0.4, 0.5) is 11.4 Å². The lowest BCUT2D eigenvalue weighted by atomic mass is 10.1. The van der Waals surface area contributed by atoms with Crippen LogP contribution in [0.5, 0.6) is 0 Å². The number of halogens is 1. The van der Waals surface area contributed by atoms with Crippen molar-refractivity contribution >= 4 is 39.3 Å². The lowest BCUT2D eigenvalue weighted by Crippen LogP contribution is -2.13. The van der Waals surface area contributed by atoms with E-state index in [2.05, 4.69) is 21.2 Å². The maximum atomic E-state index is 12.2. The Hall–Kier alpha value is -2.58. The van der Waals surface area contributed by atoms with Crippen molar-refractivity contribution in [1.29, 1.82) is 5.26 Å². The molecule has 0 saturated carbocycles. The fourth-order valence-corrected chi connectivity index (χ4v) is 2.32. The molecular formula is C18H16BrN3O. The average Bonchev–Trinajstić information content (AvgIpc) is 2.55. The topological polar surface area (TPSA) is 56.1 Å². The molecule has 4 nitrogen and oxygen atoms in total. The number of rotatable bonds is 4. The minimum Gasteiger partial charge on any atom is -0.378 e. The molecule has 1 N–H and O–H groups in total. The summed E-state index contributed by atoms with van der Waals surface area (Å²) in [6.45, 7) is 0. The molecule has 0 spiro atoms. The number of nitriles is 1. The maximum Gasteiger partial charge on any atom is 0.266 e. The van der Waals surface area contributed by atoms with Crippen LogP contribution in [0.3, 0.4) is 0 Å². The van der Waals surface area contributed by atoms with Gasteiger partial charge in [0.05, 0.1) is 5.69 Å². The van der Waals surface area contributed by atoms with Gasteiger partial charge in [0.1, 0.15) is 11.6 Å². The third-order valence-electron chi connectivity index (χ3n) is 3.21. The zero-order chi connectivity index (χ0) is 16.8. The first-order chi connectivity index (χ1) is 11.0. The first-order valence-corrected chi connectivity index (χ1v) is 7.75. The highest BCUT2D eigenvalue weighted by Gasteiger charge is 2.11. The van der Waals surface area contributed by atoms with Crippen molar-refractivity contribution in [2.45, 2.75) is 0 Å². The molecule has 5 heteroatoms. The SMILES string of the molecule is CN(C)c1ccc(/C=C(\C#N)C(=O)Nc2ccccc2Br)cc1. The van der Waals surface area contributed by atoms with E-state index in [1.807, 2.05) is 67.5 Å². The number of benzene rings is 2. The van der Waals surface area contributed by atoms with Gasteiger partial charge in [0, 0.05) is 24.3 Å². The summed E-state index contributed by atoms with van der Waals surface area (Å²) in [4.78, 5) is 14.2. The standard InChI is InChI=1S/C18H16BrN3O/c1-22(2)15-9-7-13(8-10-15)11-14(12-20)18(23)21-17-6-4-3-5-16(17)19/h3-11H,1-2H3,(H,21,23)/b14-11+. The molecule has 0 saturated heterocycles. The summed E-state index contributed by atoms with van der Waals surface area (Å²) >= 11 is 3.36. The smallest absolute Gasteiger partial charge is 0.266 e. The molecule has 0 aliphatic rings. The second kappa shape index (κ2) is 7.61. The van der Waals surface area contributed by atoms with Crippen molar-refractivity contribution in [2.75, 3.05) is 24.3 Å². The van der Waals surface area contributed by atoms with Crippen LogP contribution in [-0.2, 0) is 4.79 Å². The number of nitrogens with one attached hydrogen (secondary N) is 1. The van der Waals surface area contributed by atoms with Gasteiger partial charge >= 0.3 is 0 Å². The van der Waals surface area contributed by atoms with E-state index in [-0.39, 0.29) is 5.57 Å². The Bertz CT molecular complexity index is 774. The molecule has 0 bridgehead atoms. The molecule has 2 aromatic rings. The summed E-state index contributed by atoms with van der Waals surface area (Å²) in [5, 5.41) is 12.0. The summed E-state index contributed by atoms with van der Waals surface area (Å²) in [5.74, 6) is -0.434. The van der Waals surface area contributed by atoms with Crippen molar-refractivity contribution in [1.82, 2.24) is 0 Å². The molecule has 0 fully saturated rings. The van der Waals surface area contributed by atoms with Crippen LogP contribution < -0.4 is 10.2 Å². The molecule has 23 heavy (non-hydrogen) atoms. The molecular weight excluding hydrogens is 354 g/mol. The first kappa shape index (κ1) is 16.8. The minimum atomic E-state index is -0.434. The summed E-state index contributed by atoms with van der Waals surface area (Å²) in [7, 11) is 3.91. The Labute approximate surface area is 144 Å². The van der Waals surface area contributed by atoms with Crippen molar-refractivity contribution in [3.8, 4) is 6.07 Å². The number of nitrogens with zero attached hydrogens (tertiary/aromatic N) is 2. The molecule has 1 amide bonds. The van der Waals surface area contributed by atoms with Crippen LogP contribution in [0, 0.1) is 11.3 Å². The zero-order valence-corrected chi connectivity index (χ0v) is 14.5. The van der Waals surface area contributed by atoms with E-state index in [1.165, 1.54) is 0 Å². The summed E-state index contributed by atoms with van der Waals surface area (Å²) in [6, 6.07) is 16.8. The number of anilines is 2. The molecule has 2 rings (SSSR count). The normalized spacial score (nSPS) is 10.8. The Morgan fingerprint density at radius 1 is 1.17 bits per heavy atom. The first-order valence-electron chi connectivity index (χ1n) is 6.96.